The number of benzene rings is 3. The van der Waals surface area contributed by atoms with Crippen LogP contribution in [0.25, 0.3) is 0 Å². The summed E-state index contributed by atoms with van der Waals surface area (Å²) in [7, 11) is 0. The van der Waals surface area contributed by atoms with Crippen LogP contribution in [0, 0.1) is 5.41 Å². The molecular weight excluding hydrogens is 525 g/mol. The Morgan fingerprint density at radius 2 is 1.61 bits per heavy atom. The highest BCUT2D eigenvalue weighted by Gasteiger charge is 2.56. The second kappa shape index (κ2) is 9.94. The van der Waals surface area contributed by atoms with Crippen molar-refractivity contribution in [2.45, 2.75) is 44.1 Å². The minimum atomic E-state index is -1.52. The summed E-state index contributed by atoms with van der Waals surface area (Å²) in [6.07, 6.45) is 1.68. The van der Waals surface area contributed by atoms with Crippen LogP contribution in [-0.4, -0.2) is 45.9 Å². The van der Waals surface area contributed by atoms with E-state index in [9.17, 15) is 20.1 Å². The van der Waals surface area contributed by atoms with Crippen molar-refractivity contribution in [2.24, 2.45) is 5.41 Å². The number of halogens is 2. The van der Waals surface area contributed by atoms with Gasteiger partial charge in [-0.2, -0.15) is 0 Å². The van der Waals surface area contributed by atoms with Gasteiger partial charge in [-0.15, -0.1) is 0 Å². The van der Waals surface area contributed by atoms with Crippen LogP contribution in [-0.2, 0) is 16.1 Å². The fourth-order valence-corrected chi connectivity index (χ4v) is 5.42. The molecule has 200 valence electrons. The summed E-state index contributed by atoms with van der Waals surface area (Å²) >= 11 is 12.4. The highest BCUT2D eigenvalue weighted by atomic mass is 35.5. The van der Waals surface area contributed by atoms with Gasteiger partial charge in [0.25, 0.3) is 5.91 Å². The van der Waals surface area contributed by atoms with Gasteiger partial charge in [-0.1, -0.05) is 59.6 Å². The number of nitrogens with zero attached hydrogens (tertiary/aromatic N) is 1. The Labute approximate surface area is 232 Å². The summed E-state index contributed by atoms with van der Waals surface area (Å²) in [4.78, 5) is 16.0. The lowest BCUT2D eigenvalue weighted by Gasteiger charge is -2.43. The summed E-state index contributed by atoms with van der Waals surface area (Å²) in [5.41, 5.74) is -0.201. The fraction of sp³-hybridized carbons (Fsp3) is 0.367. The average Bonchev–Trinajstić information content (AvgIpc) is 3.67. The predicted octanol–water partition coefficient (Wildman–Crippen LogP) is 5.40. The van der Waals surface area contributed by atoms with Gasteiger partial charge in [0.2, 0.25) is 0 Å². The first-order valence-electron chi connectivity index (χ1n) is 12.7. The molecule has 1 aliphatic carbocycles. The summed E-state index contributed by atoms with van der Waals surface area (Å²) in [5, 5.41) is 31.7. The zero-order valence-electron chi connectivity index (χ0n) is 21.3. The van der Waals surface area contributed by atoms with Crippen LogP contribution in [0.15, 0.2) is 66.7 Å². The lowest BCUT2D eigenvalue weighted by Crippen LogP contribution is -2.49. The Morgan fingerprint density at radius 1 is 1.00 bits per heavy atom. The number of carbonyl (C=O) groups is 1. The molecule has 0 aromatic heterocycles. The van der Waals surface area contributed by atoms with Crippen LogP contribution in [0.2, 0.25) is 10.0 Å². The fourth-order valence-electron chi connectivity index (χ4n) is 5.17. The van der Waals surface area contributed by atoms with Crippen LogP contribution >= 0.6 is 23.2 Å². The van der Waals surface area contributed by atoms with Crippen molar-refractivity contribution in [1.82, 2.24) is 4.90 Å². The van der Waals surface area contributed by atoms with E-state index in [1.807, 2.05) is 31.2 Å². The molecule has 6 nitrogen and oxygen atoms in total. The van der Waals surface area contributed by atoms with Crippen LogP contribution in [0.5, 0.6) is 0 Å². The average molecular weight is 556 g/mol. The van der Waals surface area contributed by atoms with Crippen LogP contribution in [0.1, 0.15) is 65.3 Å². The molecule has 0 saturated heterocycles. The number of ether oxygens (including phenoxy) is 1. The normalized spacial score (nSPS) is 22.2. The van der Waals surface area contributed by atoms with E-state index < -0.39 is 24.0 Å². The number of hydrogen-bond donors (Lipinski definition) is 3. The van der Waals surface area contributed by atoms with Gasteiger partial charge in [-0.3, -0.25) is 9.69 Å². The first kappa shape index (κ1) is 27.1. The van der Waals surface area contributed by atoms with Gasteiger partial charge < -0.3 is 20.1 Å². The second-order valence-corrected chi connectivity index (χ2v) is 11.6. The molecule has 2 unspecified atom stereocenters. The molecule has 1 aliphatic heterocycles. The van der Waals surface area contributed by atoms with E-state index in [4.69, 9.17) is 27.9 Å². The lowest BCUT2D eigenvalue weighted by molar-refractivity contribution is -0.137. The van der Waals surface area contributed by atoms with Crippen LogP contribution in [0.4, 0.5) is 0 Å². The maximum atomic E-state index is 14.3. The molecular formula is C30H31Cl2NO5. The minimum absolute atomic E-state index is 0.00442. The summed E-state index contributed by atoms with van der Waals surface area (Å²) in [6, 6.07) is 19.3. The van der Waals surface area contributed by atoms with E-state index in [1.54, 1.807) is 47.4 Å². The van der Waals surface area contributed by atoms with Crippen LogP contribution in [0.3, 0.4) is 0 Å². The first-order chi connectivity index (χ1) is 18.1. The molecule has 1 fully saturated rings. The number of aliphatic hydroxyl groups excluding tert-OH is 2. The standard InChI is InChI=1S/C30H31Cl2NO5/c1-19(20-3-8-23(31)9-4-20)33-27(36)25-15-22(28(2,37)16-34)7-12-26(25)30(33,21-5-10-24(32)11-6-21)38-18-29(17-35)13-14-29/h3-12,15,19,34-35,37H,13-14,16-18H2,1-2H3/t19?,28?,30-/m1/s1. The molecule has 8 heteroatoms. The third-order valence-corrected chi connectivity index (χ3v) is 8.46. The van der Waals surface area contributed by atoms with Crippen molar-refractivity contribution in [3.8, 4) is 0 Å². The molecule has 1 amide bonds. The van der Waals surface area contributed by atoms with Gasteiger partial charge in [0.15, 0.2) is 5.72 Å². The zero-order chi connectivity index (χ0) is 27.3. The molecule has 0 spiro atoms. The van der Waals surface area contributed by atoms with Gasteiger partial charge in [-0.05, 0) is 68.1 Å². The van der Waals surface area contributed by atoms with E-state index in [-0.39, 0.29) is 24.5 Å². The highest BCUT2D eigenvalue weighted by molar-refractivity contribution is 6.30. The maximum Gasteiger partial charge on any atom is 0.257 e. The number of fused-ring (bicyclic) bond motifs is 1. The van der Waals surface area contributed by atoms with Gasteiger partial charge in [0.1, 0.15) is 5.60 Å². The van der Waals surface area contributed by atoms with Crippen molar-refractivity contribution in [2.75, 3.05) is 19.8 Å². The zero-order valence-corrected chi connectivity index (χ0v) is 22.8. The molecule has 1 saturated carbocycles. The third-order valence-electron chi connectivity index (χ3n) is 7.96. The SMILES string of the molecule is CC(c1ccc(Cl)cc1)N1C(=O)c2cc(C(C)(O)CO)ccc2[C@]1(OCC1(CO)CC1)c1ccc(Cl)cc1. The van der Waals surface area contributed by atoms with E-state index in [2.05, 4.69) is 0 Å². The van der Waals surface area contributed by atoms with E-state index in [1.165, 1.54) is 6.92 Å². The van der Waals surface area contributed by atoms with Gasteiger partial charge in [0, 0.05) is 32.2 Å². The number of amides is 1. The molecule has 3 aromatic rings. The highest BCUT2D eigenvalue weighted by Crippen LogP contribution is 2.53. The van der Waals surface area contributed by atoms with Crippen molar-refractivity contribution in [3.05, 3.63) is 105 Å². The molecule has 3 aromatic carbocycles. The molecule has 0 radical (unpaired) electrons. The van der Waals surface area contributed by atoms with Gasteiger partial charge in [0.05, 0.1) is 25.9 Å². The molecule has 1 heterocycles. The lowest BCUT2D eigenvalue weighted by atomic mass is 9.88. The molecule has 0 bridgehead atoms. The smallest absolute Gasteiger partial charge is 0.257 e. The third kappa shape index (κ3) is 4.53. The minimum Gasteiger partial charge on any atom is -0.396 e. The Morgan fingerprint density at radius 3 is 2.16 bits per heavy atom. The monoisotopic (exact) mass is 555 g/mol. The Kier molecular flexibility index (Phi) is 7.10. The quantitative estimate of drug-likeness (QED) is 0.329. The number of hydrogen-bond acceptors (Lipinski definition) is 5. The maximum absolute atomic E-state index is 14.3. The van der Waals surface area contributed by atoms with Crippen molar-refractivity contribution in [1.29, 1.82) is 0 Å². The number of rotatable bonds is 9. The summed E-state index contributed by atoms with van der Waals surface area (Å²) in [6.45, 7) is 3.19. The van der Waals surface area contributed by atoms with E-state index >= 15 is 0 Å². The number of aliphatic hydroxyl groups is 3. The van der Waals surface area contributed by atoms with Crippen molar-refractivity contribution in [3.63, 3.8) is 0 Å². The van der Waals surface area contributed by atoms with Crippen molar-refractivity contribution >= 4 is 29.1 Å². The van der Waals surface area contributed by atoms with Crippen molar-refractivity contribution < 1.29 is 24.9 Å². The summed E-state index contributed by atoms with van der Waals surface area (Å²) in [5.74, 6) is -0.276. The second-order valence-electron chi connectivity index (χ2n) is 10.7. The molecule has 5 rings (SSSR count). The predicted molar refractivity (Wildman–Crippen MR) is 146 cm³/mol. The van der Waals surface area contributed by atoms with Gasteiger partial charge >= 0.3 is 0 Å². The Balaban J connectivity index is 1.74. The molecule has 3 N–H and O–H groups in total. The Bertz CT molecular complexity index is 1340. The van der Waals surface area contributed by atoms with Crippen LogP contribution < -0.4 is 0 Å². The molecule has 2 aliphatic rings. The number of carbonyl (C=O) groups excluding carboxylic acids is 1. The topological polar surface area (TPSA) is 90.2 Å². The van der Waals surface area contributed by atoms with E-state index in [0.717, 1.165) is 18.4 Å². The van der Waals surface area contributed by atoms with E-state index in [0.29, 0.717) is 32.3 Å². The molecule has 38 heavy (non-hydrogen) atoms. The van der Waals surface area contributed by atoms with Gasteiger partial charge in [-0.25, -0.2) is 0 Å². The summed E-state index contributed by atoms with van der Waals surface area (Å²) < 4.78 is 6.83. The largest absolute Gasteiger partial charge is 0.396 e. The first-order valence-corrected chi connectivity index (χ1v) is 13.4. The molecule has 3 atom stereocenters. The Hall–Kier alpha value is -2.45.